The molecule has 1 N–H and O–H groups in total. The van der Waals surface area contributed by atoms with Gasteiger partial charge in [-0.2, -0.15) is 0 Å². The lowest BCUT2D eigenvalue weighted by molar-refractivity contribution is -0.129. The second-order valence-electron chi connectivity index (χ2n) is 5.34. The van der Waals surface area contributed by atoms with Crippen molar-refractivity contribution in [3.05, 3.63) is 35.9 Å². The Morgan fingerprint density at radius 3 is 2.72 bits per heavy atom. The second kappa shape index (κ2) is 6.01. The lowest BCUT2D eigenvalue weighted by Gasteiger charge is -2.16. The van der Waals surface area contributed by atoms with Crippen molar-refractivity contribution in [2.75, 3.05) is 13.2 Å². The van der Waals surface area contributed by atoms with Gasteiger partial charge < -0.3 is 4.90 Å². The molecule has 3 heteroatoms. The zero-order chi connectivity index (χ0) is 13.0. The van der Waals surface area contributed by atoms with Crippen LogP contribution in [0.25, 0.3) is 0 Å². The molecule has 1 atom stereocenters. The molecule has 1 aliphatic rings. The van der Waals surface area contributed by atoms with Gasteiger partial charge in [-0.1, -0.05) is 44.2 Å². The summed E-state index contributed by atoms with van der Waals surface area (Å²) in [4.78, 5) is 14.2. The second-order valence-corrected chi connectivity index (χ2v) is 5.34. The Balaban J connectivity index is 1.89. The van der Waals surface area contributed by atoms with Crippen LogP contribution in [-0.4, -0.2) is 24.0 Å². The van der Waals surface area contributed by atoms with Gasteiger partial charge in [-0.3, -0.25) is 10.1 Å². The van der Waals surface area contributed by atoms with E-state index in [9.17, 15) is 4.79 Å². The average Bonchev–Trinajstić information content (AvgIpc) is 2.72. The zero-order valence-corrected chi connectivity index (χ0v) is 11.2. The Morgan fingerprint density at radius 1 is 1.33 bits per heavy atom. The summed E-state index contributed by atoms with van der Waals surface area (Å²) in [5.74, 6) is 0.922. The number of nitrogens with one attached hydrogen (secondary N) is 1. The van der Waals surface area contributed by atoms with Gasteiger partial charge in [-0.15, -0.1) is 0 Å². The van der Waals surface area contributed by atoms with Crippen LogP contribution in [0.15, 0.2) is 30.3 Å². The summed E-state index contributed by atoms with van der Waals surface area (Å²) in [6.45, 7) is 5.98. The highest BCUT2D eigenvalue weighted by Gasteiger charge is 2.31. The van der Waals surface area contributed by atoms with E-state index in [1.54, 1.807) is 0 Å². The highest BCUT2D eigenvalue weighted by Crippen LogP contribution is 2.20. The quantitative estimate of drug-likeness (QED) is 0.866. The van der Waals surface area contributed by atoms with Crippen LogP contribution >= 0.6 is 0 Å². The van der Waals surface area contributed by atoms with E-state index in [4.69, 9.17) is 0 Å². The summed E-state index contributed by atoms with van der Waals surface area (Å²) < 4.78 is 0. The topological polar surface area (TPSA) is 32.3 Å². The van der Waals surface area contributed by atoms with Gasteiger partial charge in [0.05, 0.1) is 6.67 Å². The number of hydrogen-bond acceptors (Lipinski definition) is 2. The molecule has 18 heavy (non-hydrogen) atoms. The van der Waals surface area contributed by atoms with Crippen molar-refractivity contribution < 1.29 is 4.79 Å². The van der Waals surface area contributed by atoms with Crippen LogP contribution in [0.2, 0.25) is 0 Å². The van der Waals surface area contributed by atoms with Crippen LogP contribution in [-0.2, 0) is 4.79 Å². The molecule has 1 aliphatic heterocycles. The molecule has 98 valence electrons. The summed E-state index contributed by atoms with van der Waals surface area (Å²) in [5, 5.41) is 3.29. The molecule has 1 amide bonds. The van der Waals surface area contributed by atoms with E-state index in [2.05, 4.69) is 19.2 Å². The first-order chi connectivity index (χ1) is 8.68. The smallest absolute Gasteiger partial charge is 0.245 e. The van der Waals surface area contributed by atoms with E-state index in [1.807, 2.05) is 35.2 Å². The van der Waals surface area contributed by atoms with Crippen molar-refractivity contribution in [3.63, 3.8) is 0 Å². The molecule has 1 aromatic rings. The molecule has 0 bridgehead atoms. The predicted molar refractivity (Wildman–Crippen MR) is 73.0 cm³/mol. The first kappa shape index (κ1) is 13.1. The van der Waals surface area contributed by atoms with Gasteiger partial charge in [-0.25, -0.2) is 0 Å². The minimum Gasteiger partial charge on any atom is -0.328 e. The fourth-order valence-electron chi connectivity index (χ4n) is 2.33. The van der Waals surface area contributed by atoms with Crippen LogP contribution < -0.4 is 5.32 Å². The summed E-state index contributed by atoms with van der Waals surface area (Å²) >= 11 is 0. The molecule has 0 aliphatic carbocycles. The Kier molecular flexibility index (Phi) is 4.37. The number of rotatable bonds is 5. The Morgan fingerprint density at radius 2 is 2.06 bits per heavy atom. The fourth-order valence-corrected chi connectivity index (χ4v) is 2.33. The number of nitrogens with zero attached hydrogens (tertiary/aromatic N) is 1. The maximum Gasteiger partial charge on any atom is 0.245 e. The normalized spacial score (nSPS) is 19.8. The summed E-state index contributed by atoms with van der Waals surface area (Å²) in [6, 6.07) is 9.80. The van der Waals surface area contributed by atoms with Gasteiger partial charge in [-0.05, 0) is 24.3 Å². The van der Waals surface area contributed by atoms with Gasteiger partial charge in [0.25, 0.3) is 0 Å². The van der Waals surface area contributed by atoms with Gasteiger partial charge >= 0.3 is 0 Å². The van der Waals surface area contributed by atoms with Crippen LogP contribution in [0.5, 0.6) is 0 Å². The predicted octanol–water partition coefficient (Wildman–Crippen LogP) is 2.55. The molecule has 1 unspecified atom stereocenters. The maximum absolute atomic E-state index is 12.2. The third kappa shape index (κ3) is 3.10. The van der Waals surface area contributed by atoms with E-state index < -0.39 is 0 Å². The van der Waals surface area contributed by atoms with E-state index in [0.717, 1.165) is 18.5 Å². The van der Waals surface area contributed by atoms with Gasteiger partial charge in [0.15, 0.2) is 0 Å². The minimum absolute atomic E-state index is 0.148. The van der Waals surface area contributed by atoms with Crippen molar-refractivity contribution in [1.82, 2.24) is 10.2 Å². The molecule has 2 rings (SSSR count). The monoisotopic (exact) mass is 246 g/mol. The number of benzene rings is 1. The van der Waals surface area contributed by atoms with Crippen molar-refractivity contribution in [2.45, 2.75) is 32.7 Å². The van der Waals surface area contributed by atoms with E-state index in [-0.39, 0.29) is 11.9 Å². The molecule has 0 saturated carbocycles. The molecule has 1 heterocycles. The first-order valence-electron chi connectivity index (χ1n) is 6.75. The number of amides is 1. The minimum atomic E-state index is -0.148. The summed E-state index contributed by atoms with van der Waals surface area (Å²) in [6.07, 6.45) is 2.27. The Bertz CT molecular complexity index is 389. The molecule has 0 spiro atoms. The van der Waals surface area contributed by atoms with Gasteiger partial charge in [0.1, 0.15) is 6.04 Å². The Labute approximate surface area is 109 Å². The number of carbonyl (C=O) groups is 1. The Hall–Kier alpha value is -1.35. The highest BCUT2D eigenvalue weighted by atomic mass is 16.2. The first-order valence-corrected chi connectivity index (χ1v) is 6.75. The fraction of sp³-hybridized carbons (Fsp3) is 0.533. The van der Waals surface area contributed by atoms with E-state index >= 15 is 0 Å². The van der Waals surface area contributed by atoms with E-state index in [1.165, 1.54) is 6.42 Å². The van der Waals surface area contributed by atoms with Crippen molar-refractivity contribution in [3.8, 4) is 0 Å². The van der Waals surface area contributed by atoms with Crippen LogP contribution in [0.4, 0.5) is 0 Å². The lowest BCUT2D eigenvalue weighted by Crippen LogP contribution is -2.28. The van der Waals surface area contributed by atoms with Crippen LogP contribution in [0.3, 0.4) is 0 Å². The summed E-state index contributed by atoms with van der Waals surface area (Å²) in [5.41, 5.74) is 1.06. The van der Waals surface area contributed by atoms with Crippen molar-refractivity contribution in [2.24, 2.45) is 5.92 Å². The molecule has 0 aromatic heterocycles. The zero-order valence-electron chi connectivity index (χ0n) is 11.2. The average molecular weight is 246 g/mol. The number of carbonyl (C=O) groups excluding carboxylic acids is 1. The largest absolute Gasteiger partial charge is 0.328 e. The molecule has 1 saturated heterocycles. The number of hydrogen-bond donors (Lipinski definition) is 1. The molecule has 3 nitrogen and oxygen atoms in total. The third-order valence-corrected chi connectivity index (χ3v) is 3.39. The standard InChI is InChI=1S/C15H22N2O/c1-12(2)7-6-10-17-11-16-14(15(17)18)13-8-4-3-5-9-13/h3-5,8-9,12,14,16H,6-7,10-11H2,1-2H3. The van der Waals surface area contributed by atoms with Crippen molar-refractivity contribution >= 4 is 5.91 Å². The molecule has 1 fully saturated rings. The lowest BCUT2D eigenvalue weighted by atomic mass is 10.1. The van der Waals surface area contributed by atoms with Crippen LogP contribution in [0, 0.1) is 5.92 Å². The highest BCUT2D eigenvalue weighted by molar-refractivity contribution is 5.85. The SMILES string of the molecule is CC(C)CCCN1CNC(c2ccccc2)C1=O. The summed E-state index contributed by atoms with van der Waals surface area (Å²) in [7, 11) is 0. The van der Waals surface area contributed by atoms with Crippen LogP contribution in [0.1, 0.15) is 38.3 Å². The molecular weight excluding hydrogens is 224 g/mol. The van der Waals surface area contributed by atoms with E-state index in [0.29, 0.717) is 12.6 Å². The van der Waals surface area contributed by atoms with Gasteiger partial charge in [0, 0.05) is 6.54 Å². The molecule has 0 radical (unpaired) electrons. The van der Waals surface area contributed by atoms with Gasteiger partial charge in [0.2, 0.25) is 5.91 Å². The molecular formula is C15H22N2O. The third-order valence-electron chi connectivity index (χ3n) is 3.39. The maximum atomic E-state index is 12.2. The van der Waals surface area contributed by atoms with Crippen molar-refractivity contribution in [1.29, 1.82) is 0 Å². The molecule has 1 aromatic carbocycles.